The number of rotatable bonds is 3. The molecule has 0 saturated heterocycles. The van der Waals surface area contributed by atoms with Gasteiger partial charge < -0.3 is 0 Å². The van der Waals surface area contributed by atoms with Gasteiger partial charge in [-0.05, 0) is 0 Å². The van der Waals surface area contributed by atoms with E-state index in [4.69, 9.17) is 12.2 Å². The Kier molecular flexibility index (Phi) is 3.24. The first-order valence-corrected chi connectivity index (χ1v) is 4.56. The van der Waals surface area contributed by atoms with Gasteiger partial charge in [0.25, 0.3) is 0 Å². The molecule has 0 radical (unpaired) electrons. The normalized spacial score (nSPS) is 9.67. The minimum Gasteiger partial charge on any atom is -0.295 e. The SMILES string of the molecule is C=CCSc1n[nH]c(=O)[nH]c1=S. The van der Waals surface area contributed by atoms with Crippen LogP contribution in [-0.2, 0) is 0 Å². The number of aromatic nitrogens is 3. The molecule has 2 N–H and O–H groups in total. The first-order chi connectivity index (χ1) is 5.74. The fourth-order valence-electron chi connectivity index (χ4n) is 0.573. The van der Waals surface area contributed by atoms with Gasteiger partial charge in [-0.1, -0.05) is 30.1 Å². The van der Waals surface area contributed by atoms with Gasteiger partial charge >= 0.3 is 5.69 Å². The lowest BCUT2D eigenvalue weighted by molar-refractivity contribution is 0.826. The van der Waals surface area contributed by atoms with Crippen LogP contribution in [0, 0.1) is 4.64 Å². The molecule has 1 aromatic rings. The molecule has 6 heteroatoms. The van der Waals surface area contributed by atoms with E-state index < -0.39 is 0 Å². The molecule has 64 valence electrons. The van der Waals surface area contributed by atoms with Crippen LogP contribution >= 0.6 is 24.0 Å². The van der Waals surface area contributed by atoms with E-state index >= 15 is 0 Å². The average molecular weight is 201 g/mol. The third kappa shape index (κ3) is 2.31. The van der Waals surface area contributed by atoms with Crippen molar-refractivity contribution in [3.8, 4) is 0 Å². The van der Waals surface area contributed by atoms with Gasteiger partial charge in [0.05, 0.1) is 0 Å². The van der Waals surface area contributed by atoms with Gasteiger partial charge in [-0.3, -0.25) is 4.98 Å². The lowest BCUT2D eigenvalue weighted by Gasteiger charge is -1.94. The molecule has 0 spiro atoms. The van der Waals surface area contributed by atoms with Crippen molar-refractivity contribution in [2.24, 2.45) is 0 Å². The van der Waals surface area contributed by atoms with E-state index in [0.29, 0.717) is 9.67 Å². The first kappa shape index (κ1) is 9.21. The van der Waals surface area contributed by atoms with Crippen molar-refractivity contribution in [3.05, 3.63) is 27.8 Å². The first-order valence-electron chi connectivity index (χ1n) is 3.16. The third-order valence-corrected chi connectivity index (χ3v) is 2.41. The number of hydrogen-bond acceptors (Lipinski definition) is 4. The smallest absolute Gasteiger partial charge is 0.295 e. The predicted molar refractivity (Wildman–Crippen MR) is 51.0 cm³/mol. The molecule has 0 unspecified atom stereocenters. The highest BCUT2D eigenvalue weighted by Crippen LogP contribution is 2.12. The van der Waals surface area contributed by atoms with Crippen molar-refractivity contribution in [1.29, 1.82) is 0 Å². The number of aromatic amines is 2. The zero-order valence-corrected chi connectivity index (χ0v) is 7.80. The number of nitrogens with zero attached hydrogens (tertiary/aromatic N) is 1. The summed E-state index contributed by atoms with van der Waals surface area (Å²) < 4.78 is 0.366. The number of thioether (sulfide) groups is 1. The summed E-state index contributed by atoms with van der Waals surface area (Å²) in [5.41, 5.74) is -0.386. The van der Waals surface area contributed by atoms with Crippen molar-refractivity contribution in [3.63, 3.8) is 0 Å². The van der Waals surface area contributed by atoms with E-state index in [9.17, 15) is 4.79 Å². The Hall–Kier alpha value is -0.880. The quantitative estimate of drug-likeness (QED) is 0.437. The van der Waals surface area contributed by atoms with E-state index in [0.717, 1.165) is 5.75 Å². The molecule has 0 atom stereocenters. The lowest BCUT2D eigenvalue weighted by atomic mass is 10.8. The zero-order valence-electron chi connectivity index (χ0n) is 6.16. The van der Waals surface area contributed by atoms with Crippen LogP contribution in [0.4, 0.5) is 0 Å². The Morgan fingerprint density at radius 3 is 3.08 bits per heavy atom. The molecule has 0 aliphatic heterocycles. The Labute approximate surface area is 78.1 Å². The van der Waals surface area contributed by atoms with Gasteiger partial charge in [0, 0.05) is 5.75 Å². The van der Waals surface area contributed by atoms with Crippen LogP contribution in [0.3, 0.4) is 0 Å². The number of nitrogens with one attached hydrogen (secondary N) is 2. The second-order valence-corrected chi connectivity index (χ2v) is 3.33. The second kappa shape index (κ2) is 4.22. The Morgan fingerprint density at radius 2 is 2.50 bits per heavy atom. The van der Waals surface area contributed by atoms with Crippen LogP contribution in [-0.4, -0.2) is 20.9 Å². The molecule has 4 nitrogen and oxygen atoms in total. The summed E-state index contributed by atoms with van der Waals surface area (Å²) in [6.45, 7) is 3.56. The highest BCUT2D eigenvalue weighted by molar-refractivity contribution is 7.99. The van der Waals surface area contributed by atoms with Crippen molar-refractivity contribution >= 4 is 24.0 Å². The maximum absolute atomic E-state index is 10.6. The summed E-state index contributed by atoms with van der Waals surface area (Å²) in [6.07, 6.45) is 1.74. The maximum Gasteiger partial charge on any atom is 0.340 e. The Bertz CT molecular complexity index is 381. The van der Waals surface area contributed by atoms with Crippen LogP contribution in [0.2, 0.25) is 0 Å². The molecule has 1 heterocycles. The van der Waals surface area contributed by atoms with E-state index in [1.807, 2.05) is 0 Å². The van der Waals surface area contributed by atoms with E-state index in [1.165, 1.54) is 11.8 Å². The summed E-state index contributed by atoms with van der Waals surface area (Å²) >= 11 is 6.28. The number of hydrogen-bond donors (Lipinski definition) is 2. The fourth-order valence-corrected chi connectivity index (χ4v) is 1.46. The van der Waals surface area contributed by atoms with Crippen LogP contribution in [0.25, 0.3) is 0 Å². The molecule has 0 aromatic carbocycles. The van der Waals surface area contributed by atoms with Crippen LogP contribution in [0.5, 0.6) is 0 Å². The van der Waals surface area contributed by atoms with E-state index in [2.05, 4.69) is 21.8 Å². The minimum atomic E-state index is -0.386. The summed E-state index contributed by atoms with van der Waals surface area (Å²) in [5.74, 6) is 0.719. The molecule has 0 saturated carbocycles. The molecule has 1 rings (SSSR count). The minimum absolute atomic E-state index is 0.366. The molecule has 1 aromatic heterocycles. The third-order valence-electron chi connectivity index (χ3n) is 1.02. The Morgan fingerprint density at radius 1 is 1.75 bits per heavy atom. The highest BCUT2D eigenvalue weighted by atomic mass is 32.2. The van der Waals surface area contributed by atoms with Gasteiger partial charge in [0.15, 0.2) is 5.03 Å². The molecule has 0 fully saturated rings. The highest BCUT2D eigenvalue weighted by Gasteiger charge is 1.96. The van der Waals surface area contributed by atoms with Gasteiger partial charge in [-0.15, -0.1) is 6.58 Å². The lowest BCUT2D eigenvalue weighted by Crippen LogP contribution is -2.12. The van der Waals surface area contributed by atoms with Gasteiger partial charge in [0.2, 0.25) is 0 Å². The van der Waals surface area contributed by atoms with Crippen molar-refractivity contribution in [1.82, 2.24) is 15.2 Å². The number of H-pyrrole nitrogens is 2. The van der Waals surface area contributed by atoms with Crippen molar-refractivity contribution < 1.29 is 0 Å². The van der Waals surface area contributed by atoms with Crippen LogP contribution < -0.4 is 5.69 Å². The molecule has 0 aliphatic rings. The van der Waals surface area contributed by atoms with E-state index in [-0.39, 0.29) is 5.69 Å². The molecule has 0 bridgehead atoms. The predicted octanol–water partition coefficient (Wildman–Crippen LogP) is 1.11. The summed E-state index contributed by atoms with van der Waals surface area (Å²) in [4.78, 5) is 13.1. The van der Waals surface area contributed by atoms with E-state index in [1.54, 1.807) is 6.08 Å². The summed E-state index contributed by atoms with van der Waals surface area (Å²) in [5, 5.41) is 6.64. The van der Waals surface area contributed by atoms with Crippen molar-refractivity contribution in [2.45, 2.75) is 5.03 Å². The molecule has 0 aliphatic carbocycles. The topological polar surface area (TPSA) is 61.5 Å². The Balaban J connectivity index is 2.94. The van der Waals surface area contributed by atoms with Crippen LogP contribution in [0.1, 0.15) is 0 Å². The van der Waals surface area contributed by atoms with Gasteiger partial charge in [-0.2, -0.15) is 5.10 Å². The van der Waals surface area contributed by atoms with Gasteiger partial charge in [-0.25, -0.2) is 9.89 Å². The van der Waals surface area contributed by atoms with Gasteiger partial charge in [0.1, 0.15) is 4.64 Å². The summed E-state index contributed by atoms with van der Waals surface area (Å²) in [7, 11) is 0. The summed E-state index contributed by atoms with van der Waals surface area (Å²) in [6, 6.07) is 0. The fraction of sp³-hybridized carbons (Fsp3) is 0.167. The monoisotopic (exact) mass is 201 g/mol. The van der Waals surface area contributed by atoms with Crippen LogP contribution in [0.15, 0.2) is 22.5 Å². The average Bonchev–Trinajstić information content (AvgIpc) is 2.03. The largest absolute Gasteiger partial charge is 0.340 e. The zero-order chi connectivity index (χ0) is 8.97. The molecular formula is C6H7N3OS2. The second-order valence-electron chi connectivity index (χ2n) is 1.91. The van der Waals surface area contributed by atoms with Crippen molar-refractivity contribution in [2.75, 3.05) is 5.75 Å². The molecule has 0 amide bonds. The molecular weight excluding hydrogens is 194 g/mol. The molecule has 12 heavy (non-hydrogen) atoms. The maximum atomic E-state index is 10.6. The standard InChI is InChI=1S/C6H7N3OS2/c1-2-3-12-5-4(11)7-6(10)9-8-5/h2H,1,3H2,(H2,7,9,10,11).